The molecule has 1 aromatic heterocycles. The predicted molar refractivity (Wildman–Crippen MR) is 87.6 cm³/mol. The number of para-hydroxylation sites is 1. The molecule has 0 amide bonds. The number of nitrogens with zero attached hydrogens (tertiary/aromatic N) is 1. The van der Waals surface area contributed by atoms with Crippen LogP contribution in [0.5, 0.6) is 5.75 Å². The average molecular weight is 324 g/mol. The van der Waals surface area contributed by atoms with Crippen molar-refractivity contribution in [2.24, 2.45) is 0 Å². The van der Waals surface area contributed by atoms with E-state index in [1.54, 1.807) is 19.2 Å². The van der Waals surface area contributed by atoms with Gasteiger partial charge in [-0.1, -0.05) is 29.8 Å². The second-order valence-corrected chi connectivity index (χ2v) is 6.59. The summed E-state index contributed by atoms with van der Waals surface area (Å²) in [5.74, 6) is 0.924. The number of rotatable bonds is 6. The van der Waals surface area contributed by atoms with Crippen LogP contribution in [-0.4, -0.2) is 30.9 Å². The van der Waals surface area contributed by atoms with Crippen LogP contribution in [0.25, 0.3) is 0 Å². The van der Waals surface area contributed by atoms with Crippen molar-refractivity contribution in [3.05, 3.63) is 51.2 Å². The number of likely N-dealkylation sites (N-methyl/N-ethyl adjacent to an activating group) is 1. The summed E-state index contributed by atoms with van der Waals surface area (Å²) in [6, 6.07) is 11.2. The van der Waals surface area contributed by atoms with Crippen molar-refractivity contribution in [3.63, 3.8) is 0 Å². The van der Waals surface area contributed by atoms with E-state index >= 15 is 0 Å². The molecule has 0 aliphatic heterocycles. The fraction of sp³-hybridized carbons (Fsp3) is 0.312. The lowest BCUT2D eigenvalue weighted by Gasteiger charge is -2.24. The summed E-state index contributed by atoms with van der Waals surface area (Å²) in [5.41, 5.74) is 1.06. The van der Waals surface area contributed by atoms with Crippen LogP contribution < -0.4 is 4.74 Å². The monoisotopic (exact) mass is 323 g/mol. The van der Waals surface area contributed by atoms with E-state index in [2.05, 4.69) is 0 Å². The molecule has 0 saturated carbocycles. The Hall–Kier alpha value is -1.36. The Bertz CT molecular complexity index is 626. The molecule has 0 saturated heterocycles. The molecule has 1 aromatic carbocycles. The molecule has 1 heterocycles. The zero-order chi connectivity index (χ0) is 15.4. The zero-order valence-corrected chi connectivity index (χ0v) is 13.9. The Morgan fingerprint density at radius 3 is 2.67 bits per heavy atom. The lowest BCUT2D eigenvalue weighted by Crippen LogP contribution is -2.35. The number of ether oxygens (including phenoxy) is 1. The van der Waals surface area contributed by atoms with Gasteiger partial charge in [0.25, 0.3) is 0 Å². The van der Waals surface area contributed by atoms with Gasteiger partial charge >= 0.3 is 0 Å². The average Bonchev–Trinajstić information content (AvgIpc) is 2.92. The number of methoxy groups -OCH3 is 1. The molecule has 1 atom stereocenters. The van der Waals surface area contributed by atoms with Crippen LogP contribution in [0.15, 0.2) is 36.4 Å². The number of hydrogen-bond acceptors (Lipinski definition) is 4. The lowest BCUT2D eigenvalue weighted by molar-refractivity contribution is 0.0865. The van der Waals surface area contributed by atoms with Crippen molar-refractivity contribution in [1.29, 1.82) is 0 Å². The topological polar surface area (TPSA) is 29.5 Å². The molecule has 21 heavy (non-hydrogen) atoms. The number of thiophene rings is 1. The summed E-state index contributed by atoms with van der Waals surface area (Å²) in [4.78, 5) is 15.1. The first-order valence-electron chi connectivity index (χ1n) is 6.64. The third-order valence-corrected chi connectivity index (χ3v) is 4.71. The van der Waals surface area contributed by atoms with Crippen LogP contribution in [0, 0.1) is 0 Å². The second kappa shape index (κ2) is 7.07. The molecule has 0 fully saturated rings. The van der Waals surface area contributed by atoms with Gasteiger partial charge in [-0.05, 0) is 32.2 Å². The van der Waals surface area contributed by atoms with Crippen molar-refractivity contribution in [2.75, 3.05) is 14.2 Å². The van der Waals surface area contributed by atoms with Crippen molar-refractivity contribution in [2.45, 2.75) is 19.5 Å². The highest BCUT2D eigenvalue weighted by Gasteiger charge is 2.21. The summed E-state index contributed by atoms with van der Waals surface area (Å²) >= 11 is 7.21. The highest BCUT2D eigenvalue weighted by molar-refractivity contribution is 7.18. The van der Waals surface area contributed by atoms with E-state index in [-0.39, 0.29) is 11.8 Å². The number of hydrogen-bond donors (Lipinski definition) is 0. The van der Waals surface area contributed by atoms with E-state index < -0.39 is 0 Å². The SMILES string of the molecule is COc1ccccc1CN(C)C(C)C(=O)c1ccc(Cl)s1. The minimum Gasteiger partial charge on any atom is -0.496 e. The maximum atomic E-state index is 12.4. The summed E-state index contributed by atoms with van der Waals surface area (Å²) in [6.07, 6.45) is 0. The minimum absolute atomic E-state index is 0.0873. The van der Waals surface area contributed by atoms with Crippen LogP contribution >= 0.6 is 22.9 Å². The molecule has 0 spiro atoms. The number of carbonyl (C=O) groups excluding carboxylic acids is 1. The zero-order valence-electron chi connectivity index (χ0n) is 12.3. The van der Waals surface area contributed by atoms with Crippen molar-refractivity contribution in [3.8, 4) is 5.75 Å². The fourth-order valence-corrected chi connectivity index (χ4v) is 3.16. The van der Waals surface area contributed by atoms with Gasteiger partial charge in [0, 0.05) is 12.1 Å². The number of Topliss-reactive ketones (excluding diaryl/α,β-unsaturated/α-hetero) is 1. The largest absolute Gasteiger partial charge is 0.496 e. The van der Waals surface area contributed by atoms with Crippen LogP contribution in [-0.2, 0) is 6.54 Å². The Morgan fingerprint density at radius 2 is 2.05 bits per heavy atom. The van der Waals surface area contributed by atoms with Crippen LogP contribution in [0.3, 0.4) is 0 Å². The predicted octanol–water partition coefficient (Wildman–Crippen LogP) is 4.11. The van der Waals surface area contributed by atoms with Crippen LogP contribution in [0.1, 0.15) is 22.2 Å². The van der Waals surface area contributed by atoms with E-state index in [9.17, 15) is 4.79 Å². The standard InChI is InChI=1S/C16H18ClNO2S/c1-11(16(19)14-8-9-15(17)21-14)18(2)10-12-6-4-5-7-13(12)20-3/h4-9,11H,10H2,1-3H3. The Balaban J connectivity index is 2.09. The van der Waals surface area contributed by atoms with Gasteiger partial charge in [0.05, 0.1) is 22.4 Å². The molecule has 2 aromatic rings. The maximum absolute atomic E-state index is 12.4. The second-order valence-electron chi connectivity index (χ2n) is 4.87. The van der Waals surface area contributed by atoms with E-state index in [0.717, 1.165) is 11.3 Å². The molecular weight excluding hydrogens is 306 g/mol. The molecule has 5 heteroatoms. The highest BCUT2D eigenvalue weighted by Crippen LogP contribution is 2.24. The molecular formula is C16H18ClNO2S. The van der Waals surface area contributed by atoms with E-state index in [0.29, 0.717) is 15.8 Å². The lowest BCUT2D eigenvalue weighted by atomic mass is 10.1. The number of halogens is 1. The summed E-state index contributed by atoms with van der Waals surface area (Å²) in [5, 5.41) is 0. The summed E-state index contributed by atoms with van der Waals surface area (Å²) in [6.45, 7) is 2.56. The van der Waals surface area contributed by atoms with E-state index in [1.807, 2.05) is 43.1 Å². The van der Waals surface area contributed by atoms with Crippen molar-refractivity contribution >= 4 is 28.7 Å². The number of carbonyl (C=O) groups is 1. The first kappa shape index (κ1) is 16.0. The van der Waals surface area contributed by atoms with Gasteiger partial charge in [0.2, 0.25) is 0 Å². The number of ketones is 1. The van der Waals surface area contributed by atoms with Crippen LogP contribution in [0.2, 0.25) is 4.34 Å². The molecule has 0 radical (unpaired) electrons. The minimum atomic E-state index is -0.218. The molecule has 112 valence electrons. The van der Waals surface area contributed by atoms with Gasteiger partial charge < -0.3 is 4.74 Å². The molecule has 0 bridgehead atoms. The fourth-order valence-electron chi connectivity index (χ4n) is 2.09. The third kappa shape index (κ3) is 3.84. The van der Waals surface area contributed by atoms with Gasteiger partial charge in [0.1, 0.15) is 5.75 Å². The normalized spacial score (nSPS) is 12.4. The maximum Gasteiger partial charge on any atom is 0.189 e. The van der Waals surface area contributed by atoms with Gasteiger partial charge in [-0.25, -0.2) is 0 Å². The summed E-state index contributed by atoms with van der Waals surface area (Å²) in [7, 11) is 3.59. The van der Waals surface area contributed by atoms with E-state index in [1.165, 1.54) is 11.3 Å². The van der Waals surface area contributed by atoms with Gasteiger partial charge in [-0.15, -0.1) is 11.3 Å². The Morgan fingerprint density at radius 1 is 1.33 bits per heavy atom. The quantitative estimate of drug-likeness (QED) is 0.749. The third-order valence-electron chi connectivity index (χ3n) is 3.47. The van der Waals surface area contributed by atoms with Crippen molar-refractivity contribution < 1.29 is 9.53 Å². The Labute approximate surface area is 134 Å². The highest BCUT2D eigenvalue weighted by atomic mass is 35.5. The molecule has 1 unspecified atom stereocenters. The number of benzene rings is 1. The van der Waals surface area contributed by atoms with E-state index in [4.69, 9.17) is 16.3 Å². The molecule has 3 nitrogen and oxygen atoms in total. The first-order valence-corrected chi connectivity index (χ1v) is 7.84. The van der Waals surface area contributed by atoms with Gasteiger partial charge in [-0.2, -0.15) is 0 Å². The van der Waals surface area contributed by atoms with Gasteiger partial charge in [0.15, 0.2) is 5.78 Å². The molecule has 2 rings (SSSR count). The smallest absolute Gasteiger partial charge is 0.189 e. The van der Waals surface area contributed by atoms with Crippen molar-refractivity contribution in [1.82, 2.24) is 4.90 Å². The van der Waals surface area contributed by atoms with Gasteiger partial charge in [-0.3, -0.25) is 9.69 Å². The molecule has 0 N–H and O–H groups in total. The first-order chi connectivity index (χ1) is 10.0. The molecule has 0 aliphatic carbocycles. The summed E-state index contributed by atoms with van der Waals surface area (Å²) < 4.78 is 5.98. The Kier molecular flexibility index (Phi) is 5.39. The van der Waals surface area contributed by atoms with Crippen LogP contribution in [0.4, 0.5) is 0 Å². The molecule has 0 aliphatic rings.